The van der Waals surface area contributed by atoms with Crippen molar-refractivity contribution in [2.45, 2.75) is 6.92 Å². The fraction of sp³-hybridized carbons (Fsp3) is 0.0625. The maximum atomic E-state index is 12.6. The highest BCUT2D eigenvalue weighted by molar-refractivity contribution is 6.30. The number of carbonyl (C=O) groups excluding carboxylic acids is 1. The summed E-state index contributed by atoms with van der Waals surface area (Å²) in [5.41, 5.74) is 3.33. The molecule has 1 aromatic carbocycles. The largest absolute Gasteiger partial charge is 0.321 e. The second-order valence-corrected chi connectivity index (χ2v) is 5.68. The predicted molar refractivity (Wildman–Crippen MR) is 89.0 cm³/mol. The van der Waals surface area contributed by atoms with Crippen LogP contribution in [0.5, 0.6) is 0 Å². The molecule has 0 atom stereocenters. The van der Waals surface area contributed by atoms with Crippen LogP contribution in [0.25, 0.3) is 16.6 Å². The van der Waals surface area contributed by atoms with Gasteiger partial charge in [0.1, 0.15) is 11.3 Å². The zero-order valence-electron chi connectivity index (χ0n) is 12.2. The average molecular weight is 326 g/mol. The third-order valence-electron chi connectivity index (χ3n) is 3.68. The minimum absolute atomic E-state index is 0.226. The maximum Gasteiger partial charge on any atom is 0.274 e. The molecule has 0 aliphatic carbocycles. The van der Waals surface area contributed by atoms with Crippen LogP contribution in [0.4, 0.5) is 5.69 Å². The topological polar surface area (TPSA) is 75.1 Å². The van der Waals surface area contributed by atoms with Gasteiger partial charge < -0.3 is 5.32 Å². The highest BCUT2D eigenvalue weighted by Gasteiger charge is 2.17. The van der Waals surface area contributed by atoms with E-state index in [2.05, 4.69) is 20.5 Å². The van der Waals surface area contributed by atoms with Gasteiger partial charge in [0, 0.05) is 28.4 Å². The molecule has 7 heteroatoms. The van der Waals surface area contributed by atoms with Crippen LogP contribution in [0.2, 0.25) is 5.02 Å². The zero-order valence-corrected chi connectivity index (χ0v) is 12.9. The first-order valence-corrected chi connectivity index (χ1v) is 7.38. The van der Waals surface area contributed by atoms with Crippen LogP contribution in [0.3, 0.4) is 0 Å². The first kappa shape index (κ1) is 13.8. The number of hydrogen-bond acceptors (Lipinski definition) is 3. The molecule has 0 saturated heterocycles. The van der Waals surface area contributed by atoms with E-state index in [1.54, 1.807) is 35.9 Å². The van der Waals surface area contributed by atoms with Crippen molar-refractivity contribution in [2.75, 3.05) is 5.32 Å². The molecule has 0 radical (unpaired) electrons. The highest BCUT2D eigenvalue weighted by Crippen LogP contribution is 2.20. The van der Waals surface area contributed by atoms with Crippen LogP contribution >= 0.6 is 11.6 Å². The van der Waals surface area contributed by atoms with Crippen LogP contribution < -0.4 is 5.32 Å². The number of rotatable bonds is 2. The number of nitrogens with one attached hydrogen (secondary N) is 2. The van der Waals surface area contributed by atoms with Crippen LogP contribution in [0, 0.1) is 6.92 Å². The molecule has 23 heavy (non-hydrogen) atoms. The number of nitrogens with zero attached hydrogens (tertiary/aromatic N) is 3. The van der Waals surface area contributed by atoms with Gasteiger partial charge in [0.2, 0.25) is 0 Å². The van der Waals surface area contributed by atoms with Crippen molar-refractivity contribution in [3.8, 4) is 0 Å². The summed E-state index contributed by atoms with van der Waals surface area (Å²) in [7, 11) is 0. The molecular weight excluding hydrogens is 314 g/mol. The Morgan fingerprint density at radius 2 is 2.17 bits per heavy atom. The summed E-state index contributed by atoms with van der Waals surface area (Å²) in [6, 6.07) is 9.03. The minimum Gasteiger partial charge on any atom is -0.321 e. The van der Waals surface area contributed by atoms with Gasteiger partial charge in [-0.2, -0.15) is 5.10 Å². The van der Waals surface area contributed by atoms with E-state index in [0.29, 0.717) is 27.7 Å². The summed E-state index contributed by atoms with van der Waals surface area (Å²) in [5.74, 6) is -0.226. The molecule has 0 aliphatic rings. The third-order valence-corrected chi connectivity index (χ3v) is 3.91. The molecule has 2 N–H and O–H groups in total. The third kappa shape index (κ3) is 2.33. The van der Waals surface area contributed by atoms with E-state index in [-0.39, 0.29) is 5.91 Å². The zero-order chi connectivity index (χ0) is 16.0. The Labute approximate surface area is 136 Å². The molecular formula is C16H12ClN5O. The van der Waals surface area contributed by atoms with E-state index in [9.17, 15) is 4.79 Å². The van der Waals surface area contributed by atoms with Crippen LogP contribution in [-0.4, -0.2) is 25.5 Å². The lowest BCUT2D eigenvalue weighted by atomic mass is 10.2. The number of H-pyrrole nitrogens is 1. The van der Waals surface area contributed by atoms with Gasteiger partial charge in [-0.1, -0.05) is 11.6 Å². The number of benzene rings is 1. The molecule has 0 spiro atoms. The van der Waals surface area contributed by atoms with E-state index in [0.717, 1.165) is 10.9 Å². The summed E-state index contributed by atoms with van der Waals surface area (Å²) in [4.78, 5) is 17.0. The summed E-state index contributed by atoms with van der Waals surface area (Å²) < 4.78 is 1.73. The number of aryl methyl sites for hydroxylation is 1. The van der Waals surface area contributed by atoms with Crippen molar-refractivity contribution in [3.05, 3.63) is 59.1 Å². The van der Waals surface area contributed by atoms with Crippen molar-refractivity contribution >= 4 is 39.7 Å². The molecule has 3 heterocycles. The summed E-state index contributed by atoms with van der Waals surface area (Å²) in [6.07, 6.45) is 3.48. The Kier molecular flexibility index (Phi) is 3.06. The number of pyridine rings is 1. The van der Waals surface area contributed by atoms with Crippen molar-refractivity contribution in [3.63, 3.8) is 0 Å². The SMILES string of the molecule is Cc1nc2cc(Cl)ccn2c1C(=O)Nc1ccc2cn[nH]c2c1. The van der Waals surface area contributed by atoms with E-state index < -0.39 is 0 Å². The Hall–Kier alpha value is -2.86. The molecule has 0 aliphatic heterocycles. The van der Waals surface area contributed by atoms with Gasteiger partial charge in [0.15, 0.2) is 0 Å². The molecule has 0 saturated carbocycles. The van der Waals surface area contributed by atoms with E-state index in [1.165, 1.54) is 0 Å². The van der Waals surface area contributed by atoms with Crippen molar-refractivity contribution in [2.24, 2.45) is 0 Å². The van der Waals surface area contributed by atoms with Crippen LogP contribution in [0.15, 0.2) is 42.7 Å². The van der Waals surface area contributed by atoms with Gasteiger partial charge >= 0.3 is 0 Å². The standard InChI is InChI=1S/C16H12ClN5O/c1-9-15(22-5-4-11(17)6-14(22)19-9)16(23)20-12-3-2-10-8-18-21-13(10)7-12/h2-8H,1H3,(H,18,21)(H,20,23). The molecule has 0 fully saturated rings. The predicted octanol–water partition coefficient (Wildman–Crippen LogP) is 3.42. The monoisotopic (exact) mass is 325 g/mol. The molecule has 4 rings (SSSR count). The summed E-state index contributed by atoms with van der Waals surface area (Å²) in [5, 5.41) is 11.3. The van der Waals surface area contributed by atoms with Gasteiger partial charge in [-0.3, -0.25) is 14.3 Å². The number of amides is 1. The minimum atomic E-state index is -0.226. The van der Waals surface area contributed by atoms with Crippen molar-refractivity contribution < 1.29 is 4.79 Å². The van der Waals surface area contributed by atoms with E-state index >= 15 is 0 Å². The molecule has 4 aromatic rings. The Morgan fingerprint density at radius 3 is 3.04 bits per heavy atom. The van der Waals surface area contributed by atoms with Crippen LogP contribution in [0.1, 0.15) is 16.2 Å². The lowest BCUT2D eigenvalue weighted by Crippen LogP contribution is -2.15. The summed E-state index contributed by atoms with van der Waals surface area (Å²) in [6.45, 7) is 1.80. The number of fused-ring (bicyclic) bond motifs is 2. The van der Waals surface area contributed by atoms with Gasteiger partial charge in [0.25, 0.3) is 5.91 Å². The van der Waals surface area contributed by atoms with Crippen LogP contribution in [-0.2, 0) is 0 Å². The quantitative estimate of drug-likeness (QED) is 0.593. The molecule has 0 bridgehead atoms. The molecule has 1 amide bonds. The Balaban J connectivity index is 1.72. The maximum absolute atomic E-state index is 12.6. The summed E-state index contributed by atoms with van der Waals surface area (Å²) >= 11 is 5.97. The van der Waals surface area contributed by atoms with Gasteiger partial charge in [-0.05, 0) is 31.2 Å². The van der Waals surface area contributed by atoms with Crippen molar-refractivity contribution in [1.82, 2.24) is 19.6 Å². The number of halogens is 1. The average Bonchev–Trinajstić information content (AvgIpc) is 3.09. The molecule has 6 nitrogen and oxygen atoms in total. The first-order chi connectivity index (χ1) is 11.1. The fourth-order valence-corrected chi connectivity index (χ4v) is 2.77. The Bertz CT molecular complexity index is 1050. The number of aromatic amines is 1. The lowest BCUT2D eigenvalue weighted by Gasteiger charge is -2.06. The van der Waals surface area contributed by atoms with E-state index in [1.807, 2.05) is 18.2 Å². The number of anilines is 1. The Morgan fingerprint density at radius 1 is 1.30 bits per heavy atom. The van der Waals surface area contributed by atoms with Gasteiger partial charge in [-0.25, -0.2) is 4.98 Å². The first-order valence-electron chi connectivity index (χ1n) is 7.00. The lowest BCUT2D eigenvalue weighted by molar-refractivity contribution is 0.102. The number of carbonyl (C=O) groups is 1. The highest BCUT2D eigenvalue weighted by atomic mass is 35.5. The molecule has 114 valence electrons. The van der Waals surface area contributed by atoms with Gasteiger partial charge in [-0.15, -0.1) is 0 Å². The van der Waals surface area contributed by atoms with Gasteiger partial charge in [0.05, 0.1) is 17.4 Å². The second-order valence-electron chi connectivity index (χ2n) is 5.25. The fourth-order valence-electron chi connectivity index (χ4n) is 2.62. The van der Waals surface area contributed by atoms with E-state index in [4.69, 9.17) is 11.6 Å². The smallest absolute Gasteiger partial charge is 0.274 e. The normalized spacial score (nSPS) is 11.2. The number of imidazole rings is 1. The van der Waals surface area contributed by atoms with Crippen molar-refractivity contribution in [1.29, 1.82) is 0 Å². The number of hydrogen-bond donors (Lipinski definition) is 2. The molecule has 3 aromatic heterocycles. The molecule has 0 unspecified atom stereocenters. The number of aromatic nitrogens is 4. The second kappa shape index (κ2) is 5.10.